The fourth-order valence-electron chi connectivity index (χ4n) is 9.33. The molecule has 10 unspecified atom stereocenters. The van der Waals surface area contributed by atoms with Crippen LogP contribution in [0, 0.1) is 11.8 Å². The molecule has 3 aromatic rings. The number of hydrogen-bond donors (Lipinski definition) is 8. The number of allylic oxidation sites excluding steroid dienone is 1. The average Bonchev–Trinajstić information content (AvgIpc) is 3.97. The van der Waals surface area contributed by atoms with E-state index >= 15 is 0 Å². The summed E-state index contributed by atoms with van der Waals surface area (Å²) in [6.45, 7) is 0.668. The third-order valence-corrected chi connectivity index (χ3v) is 12.2. The molecule has 2 bridgehead atoms. The number of benzene rings is 3. The maximum absolute atomic E-state index is 12.6. The molecule has 7 aliphatic rings. The first-order valence-electron chi connectivity index (χ1n) is 20.5. The van der Waals surface area contributed by atoms with E-state index in [1.165, 1.54) is 7.11 Å². The number of aliphatic hydroxyl groups is 4. The standard InChI is InChI=1S/C45H46N4O14/c1-57-28-10-9-25-34-30(16-22-6-3-2-4-7-22)59-31-17-29-24(26(20-49-19-23-11-13-48-27(23)21-49)35(31)39(34)62-37(25)38(28)58-15-14-50)8-5-12-45(56)41(55)36(54)44(60-29)63-42(45)40(43(46)47)61-33(53)18-32(51)52/h2-4,6-7,9-11,13,17,21,30,34,36,39-44,50,54-56H,12,14-16,18-20,46-47H2,1H3,(H,51,52)/p+1. The molecule has 1 fully saturated rings. The van der Waals surface area contributed by atoms with E-state index in [2.05, 4.69) is 16.8 Å². The molecule has 0 aliphatic carbocycles. The van der Waals surface area contributed by atoms with Gasteiger partial charge in [-0.1, -0.05) is 48.2 Å². The van der Waals surface area contributed by atoms with E-state index in [4.69, 9.17) is 44.6 Å². The number of carboxylic acids is 1. The van der Waals surface area contributed by atoms with Crippen LogP contribution in [0.2, 0.25) is 0 Å². The Balaban J connectivity index is 1.20. The number of nitrogens with one attached hydrogen (secondary N) is 1. The van der Waals surface area contributed by atoms with E-state index in [9.17, 15) is 35.1 Å². The third kappa shape index (κ3) is 7.66. The number of aliphatic carboxylic acids is 1. The number of nitrogens with zero attached hydrogens (tertiary/aromatic N) is 1. The normalized spacial score (nSPS) is 28.6. The number of carboxylic acid groups (broad SMARTS) is 1. The van der Waals surface area contributed by atoms with E-state index < -0.39 is 85.4 Å². The minimum Gasteiger partial charge on any atom is -0.493 e. The minimum absolute atomic E-state index is 0.0111. The predicted molar refractivity (Wildman–Crippen MR) is 219 cm³/mol. The molecule has 0 saturated carbocycles. The van der Waals surface area contributed by atoms with Crippen molar-refractivity contribution in [2.45, 2.75) is 86.4 Å². The number of carbonyl (C=O) groups excluding carboxylic acids is 1. The first-order valence-corrected chi connectivity index (χ1v) is 20.5. The Morgan fingerprint density at radius 2 is 1.90 bits per heavy atom. The average molecular weight is 868 g/mol. The van der Waals surface area contributed by atoms with Crippen LogP contribution < -0.4 is 40.1 Å². The van der Waals surface area contributed by atoms with Crippen molar-refractivity contribution < 1.29 is 73.2 Å². The van der Waals surface area contributed by atoms with Gasteiger partial charge in [0.05, 0.1) is 31.4 Å². The summed E-state index contributed by atoms with van der Waals surface area (Å²) in [5, 5.41) is 54.2. The van der Waals surface area contributed by atoms with Gasteiger partial charge in [-0.2, -0.15) is 0 Å². The molecule has 7 aliphatic heterocycles. The molecule has 10 atom stereocenters. The van der Waals surface area contributed by atoms with Crippen LogP contribution in [0.1, 0.15) is 52.7 Å². The molecular formula is C45H47N4O14+. The Morgan fingerprint density at radius 3 is 2.63 bits per heavy atom. The predicted octanol–water partition coefficient (Wildman–Crippen LogP) is -0.520. The number of nitrogens with two attached hydrogens (primary N) is 2. The summed E-state index contributed by atoms with van der Waals surface area (Å²) in [6, 6.07) is 15.2. The van der Waals surface area contributed by atoms with Crippen LogP contribution in [-0.2, 0) is 32.0 Å². The molecule has 63 heavy (non-hydrogen) atoms. The monoisotopic (exact) mass is 867 g/mol. The Morgan fingerprint density at radius 1 is 1.10 bits per heavy atom. The second-order valence-corrected chi connectivity index (χ2v) is 16.2. The maximum atomic E-state index is 12.6. The van der Waals surface area contributed by atoms with E-state index in [0.29, 0.717) is 59.2 Å². The topological polar surface area (TPSA) is 269 Å². The van der Waals surface area contributed by atoms with Gasteiger partial charge in [-0.3, -0.25) is 19.5 Å². The molecule has 330 valence electrons. The first-order chi connectivity index (χ1) is 30.4. The van der Waals surface area contributed by atoms with Gasteiger partial charge in [-0.05, 0) is 17.7 Å². The summed E-state index contributed by atoms with van der Waals surface area (Å²) in [6.07, 6.45) is -7.26. The van der Waals surface area contributed by atoms with Crippen LogP contribution in [0.4, 0.5) is 0 Å². The summed E-state index contributed by atoms with van der Waals surface area (Å²) >= 11 is 0. The van der Waals surface area contributed by atoms with Crippen molar-refractivity contribution in [3.8, 4) is 40.6 Å². The van der Waals surface area contributed by atoms with Crippen LogP contribution in [0.25, 0.3) is 0 Å². The lowest BCUT2D eigenvalue weighted by molar-refractivity contribution is -0.851. The van der Waals surface area contributed by atoms with Crippen molar-refractivity contribution in [2.24, 2.45) is 16.5 Å². The Bertz CT molecular complexity index is 2460. The van der Waals surface area contributed by atoms with E-state index in [-0.39, 0.29) is 19.0 Å². The summed E-state index contributed by atoms with van der Waals surface area (Å²) in [5.41, 5.74) is 15.0. The Kier molecular flexibility index (Phi) is 11.4. The summed E-state index contributed by atoms with van der Waals surface area (Å²) in [5.74, 6) is 4.73. The second kappa shape index (κ2) is 16.9. The molecule has 10 N–H and O–H groups in total. The molecule has 10 rings (SSSR count). The van der Waals surface area contributed by atoms with Gasteiger partial charge in [0.15, 0.2) is 17.6 Å². The summed E-state index contributed by atoms with van der Waals surface area (Å²) < 4.78 is 43.8. The highest BCUT2D eigenvalue weighted by atomic mass is 16.7. The van der Waals surface area contributed by atoms with E-state index in [1.807, 2.05) is 48.7 Å². The molecule has 0 amide bonds. The van der Waals surface area contributed by atoms with Crippen molar-refractivity contribution in [1.29, 1.82) is 0 Å². The molecule has 1 saturated heterocycles. The van der Waals surface area contributed by atoms with Crippen LogP contribution in [-0.4, -0.2) is 119 Å². The summed E-state index contributed by atoms with van der Waals surface area (Å²) in [7, 11) is 1.52. The number of ether oxygens (including phenoxy) is 7. The number of rotatable bonds is 13. The van der Waals surface area contributed by atoms with Gasteiger partial charge < -0.3 is 70.2 Å². The Labute approximate surface area is 360 Å². The lowest BCUT2D eigenvalue weighted by Crippen LogP contribution is -3.05. The van der Waals surface area contributed by atoms with Crippen molar-refractivity contribution in [1.82, 2.24) is 0 Å². The fourth-order valence-corrected chi connectivity index (χ4v) is 9.33. The molecule has 18 nitrogen and oxygen atoms in total. The van der Waals surface area contributed by atoms with Gasteiger partial charge in [-0.25, -0.2) is 0 Å². The van der Waals surface area contributed by atoms with Gasteiger partial charge >= 0.3 is 11.9 Å². The highest BCUT2D eigenvalue weighted by Crippen LogP contribution is 2.60. The van der Waals surface area contributed by atoms with Crippen molar-refractivity contribution in [2.75, 3.05) is 26.9 Å². The van der Waals surface area contributed by atoms with Gasteiger partial charge in [-0.15, -0.1) is 0 Å². The molecule has 18 heteroatoms. The molecular weight excluding hydrogens is 821 g/mol. The lowest BCUT2D eigenvalue weighted by Gasteiger charge is -2.50. The number of quaternary nitrogens is 1. The number of esters is 1. The molecule has 7 heterocycles. The van der Waals surface area contributed by atoms with E-state index in [0.717, 1.165) is 27.3 Å². The fraction of sp³-hybridized carbons (Fsp3) is 0.400. The number of methoxy groups -OCH3 is 1. The van der Waals surface area contributed by atoms with Gasteiger partial charge in [0.1, 0.15) is 85.6 Å². The quantitative estimate of drug-likeness (QED) is 0.0465. The zero-order valence-corrected chi connectivity index (χ0v) is 34.0. The highest BCUT2D eigenvalue weighted by Gasteiger charge is 2.60. The lowest BCUT2D eigenvalue weighted by atomic mass is 9.78. The van der Waals surface area contributed by atoms with Crippen molar-refractivity contribution in [3.05, 3.63) is 99.9 Å². The Hall–Kier alpha value is -6.01. The first kappa shape index (κ1) is 42.3. The zero-order chi connectivity index (χ0) is 44.2. The van der Waals surface area contributed by atoms with Crippen LogP contribution >= 0.6 is 0 Å². The molecule has 0 aromatic heterocycles. The van der Waals surface area contributed by atoms with Crippen molar-refractivity contribution >= 4 is 18.2 Å². The largest absolute Gasteiger partial charge is 0.493 e. The van der Waals surface area contributed by atoms with Gasteiger partial charge in [0.2, 0.25) is 12.0 Å². The van der Waals surface area contributed by atoms with Crippen LogP contribution in [0.15, 0.2) is 77.1 Å². The van der Waals surface area contributed by atoms with E-state index in [1.54, 1.807) is 18.3 Å². The van der Waals surface area contributed by atoms with Gasteiger partial charge in [0.25, 0.3) is 0 Å². The number of aliphatic hydroxyl groups excluding tert-OH is 3. The maximum Gasteiger partial charge on any atom is 0.317 e. The molecule has 0 radical (unpaired) electrons. The summed E-state index contributed by atoms with van der Waals surface area (Å²) in [4.78, 5) is 29.4. The van der Waals surface area contributed by atoms with Crippen LogP contribution in [0.3, 0.4) is 0 Å². The minimum atomic E-state index is -2.46. The van der Waals surface area contributed by atoms with Gasteiger partial charge in [0, 0.05) is 47.4 Å². The number of hydrogen-bond acceptors (Lipinski definition) is 16. The number of fused-ring (bicyclic) bond motifs is 9. The molecule has 0 spiro atoms. The zero-order valence-electron chi connectivity index (χ0n) is 34.0. The van der Waals surface area contributed by atoms with Crippen molar-refractivity contribution in [3.63, 3.8) is 0 Å². The third-order valence-electron chi connectivity index (χ3n) is 12.2. The smallest absolute Gasteiger partial charge is 0.317 e. The van der Waals surface area contributed by atoms with Crippen LogP contribution in [0.5, 0.6) is 28.7 Å². The number of aliphatic imine (C=N–C) groups is 1. The molecule has 3 aromatic carbocycles. The SMILES string of the molecule is COc1ccc2c(c1OCCO)OC1c3c(cc4c(c3C[NH+]3C=C5N=CC=C5C3)C#CCC3(O)C(O)C(O)C(O4)OC3C(OC(=O)CC(=O)O)C(N)N)OC(Cc3ccccc3)C21. The number of carbonyl (C=O) groups is 2. The second-order valence-electron chi connectivity index (χ2n) is 16.2. The highest BCUT2D eigenvalue weighted by molar-refractivity contribution is 5.90.